The number of aliphatic hydroxyl groups is 1. The van der Waals surface area contributed by atoms with Crippen molar-refractivity contribution < 1.29 is 19.4 Å². The van der Waals surface area contributed by atoms with Gasteiger partial charge in [0.1, 0.15) is 5.75 Å². The first kappa shape index (κ1) is 13.5. The summed E-state index contributed by atoms with van der Waals surface area (Å²) in [4.78, 5) is 11.0. The third kappa shape index (κ3) is 4.44. The Bertz CT molecular complexity index is 356. The van der Waals surface area contributed by atoms with Gasteiger partial charge >= 0.3 is 5.97 Å². The van der Waals surface area contributed by atoms with E-state index in [1.807, 2.05) is 13.8 Å². The second-order valence-electron chi connectivity index (χ2n) is 4.03. The molecule has 0 saturated carbocycles. The summed E-state index contributed by atoms with van der Waals surface area (Å²) in [5.41, 5.74) is 0.673. The van der Waals surface area contributed by atoms with Crippen LogP contribution in [0.15, 0.2) is 24.3 Å². The molecule has 0 heterocycles. The van der Waals surface area contributed by atoms with E-state index in [4.69, 9.17) is 4.74 Å². The lowest BCUT2D eigenvalue weighted by Crippen LogP contribution is -2.08. The fraction of sp³-hybridized carbons (Fsp3) is 0.462. The summed E-state index contributed by atoms with van der Waals surface area (Å²) in [6, 6.07) is 7.03. The quantitative estimate of drug-likeness (QED) is 0.798. The smallest absolute Gasteiger partial charge is 0.308 e. The zero-order valence-corrected chi connectivity index (χ0v) is 10.3. The van der Waals surface area contributed by atoms with Crippen LogP contribution in [-0.4, -0.2) is 24.3 Å². The van der Waals surface area contributed by atoms with E-state index in [9.17, 15) is 9.90 Å². The maximum absolute atomic E-state index is 11.0. The van der Waals surface area contributed by atoms with Crippen LogP contribution in [0.5, 0.6) is 5.75 Å². The van der Waals surface area contributed by atoms with Gasteiger partial charge in [-0.05, 0) is 31.5 Å². The highest BCUT2D eigenvalue weighted by molar-refractivity contribution is 5.70. The molecule has 4 heteroatoms. The summed E-state index contributed by atoms with van der Waals surface area (Å²) >= 11 is 0. The highest BCUT2D eigenvalue weighted by atomic mass is 16.5. The minimum Gasteiger partial charge on any atom is -0.491 e. The summed E-state index contributed by atoms with van der Waals surface area (Å²) in [6.07, 6.45) is -0.766. The highest BCUT2D eigenvalue weighted by Gasteiger charge is 2.13. The van der Waals surface area contributed by atoms with Crippen LogP contribution in [0.3, 0.4) is 0 Å². The molecule has 0 aliphatic rings. The summed E-state index contributed by atoms with van der Waals surface area (Å²) in [5.74, 6) is 0.314. The number of hydrogen-bond acceptors (Lipinski definition) is 4. The van der Waals surface area contributed by atoms with Crippen molar-refractivity contribution in [3.05, 3.63) is 29.8 Å². The lowest BCUT2D eigenvalue weighted by molar-refractivity contribution is -0.142. The number of carbonyl (C=O) groups is 1. The van der Waals surface area contributed by atoms with Crippen molar-refractivity contribution in [1.29, 1.82) is 0 Å². The van der Waals surface area contributed by atoms with E-state index in [0.717, 1.165) is 5.75 Å². The van der Waals surface area contributed by atoms with E-state index in [2.05, 4.69) is 4.74 Å². The van der Waals surface area contributed by atoms with E-state index < -0.39 is 12.1 Å². The van der Waals surface area contributed by atoms with Gasteiger partial charge in [-0.2, -0.15) is 0 Å². The fourth-order valence-corrected chi connectivity index (χ4v) is 1.40. The zero-order chi connectivity index (χ0) is 12.8. The first-order chi connectivity index (χ1) is 8.02. The third-order valence-electron chi connectivity index (χ3n) is 2.22. The van der Waals surface area contributed by atoms with Crippen LogP contribution in [0.1, 0.15) is 31.9 Å². The Balaban J connectivity index is 2.63. The number of methoxy groups -OCH3 is 1. The number of hydrogen-bond donors (Lipinski definition) is 1. The lowest BCUT2D eigenvalue weighted by atomic mass is 10.1. The number of benzene rings is 1. The van der Waals surface area contributed by atoms with Gasteiger partial charge < -0.3 is 14.6 Å². The number of carbonyl (C=O) groups excluding carboxylic acids is 1. The first-order valence-corrected chi connectivity index (χ1v) is 5.54. The second-order valence-corrected chi connectivity index (χ2v) is 4.03. The average molecular weight is 238 g/mol. The van der Waals surface area contributed by atoms with Crippen LogP contribution < -0.4 is 4.74 Å². The van der Waals surface area contributed by atoms with Crippen LogP contribution in [0.4, 0.5) is 0 Å². The topological polar surface area (TPSA) is 55.8 Å². The Labute approximate surface area is 101 Å². The molecule has 1 unspecified atom stereocenters. The predicted octanol–water partition coefficient (Wildman–Crippen LogP) is 2.07. The van der Waals surface area contributed by atoms with Crippen molar-refractivity contribution >= 4 is 5.97 Å². The van der Waals surface area contributed by atoms with Crippen molar-refractivity contribution in [2.24, 2.45) is 0 Å². The predicted molar refractivity (Wildman–Crippen MR) is 63.8 cm³/mol. The van der Waals surface area contributed by atoms with Crippen molar-refractivity contribution in [2.75, 3.05) is 7.11 Å². The van der Waals surface area contributed by atoms with Crippen molar-refractivity contribution in [3.8, 4) is 5.75 Å². The maximum atomic E-state index is 11.0. The van der Waals surface area contributed by atoms with Crippen LogP contribution in [0.2, 0.25) is 0 Å². The standard InChI is InChI=1S/C13H18O4/c1-9(2)17-11-6-4-10(5-7-11)12(14)8-13(15)16-3/h4-7,9,12,14H,8H2,1-3H3. The van der Waals surface area contributed by atoms with E-state index in [0.29, 0.717) is 5.56 Å². The SMILES string of the molecule is COC(=O)CC(O)c1ccc(OC(C)C)cc1. The molecule has 1 aromatic rings. The fourth-order valence-electron chi connectivity index (χ4n) is 1.40. The molecule has 1 rings (SSSR count). The van der Waals surface area contributed by atoms with Gasteiger partial charge in [0.15, 0.2) is 0 Å². The lowest BCUT2D eigenvalue weighted by Gasteiger charge is -2.12. The summed E-state index contributed by atoms with van der Waals surface area (Å²) in [5, 5.41) is 9.75. The molecule has 1 atom stereocenters. The first-order valence-electron chi connectivity index (χ1n) is 5.54. The van der Waals surface area contributed by atoms with Gasteiger partial charge in [0.05, 0.1) is 25.7 Å². The molecule has 94 valence electrons. The second kappa shape index (κ2) is 6.25. The van der Waals surface area contributed by atoms with E-state index in [-0.39, 0.29) is 12.5 Å². The van der Waals surface area contributed by atoms with E-state index in [1.165, 1.54) is 7.11 Å². The number of aliphatic hydroxyl groups excluding tert-OH is 1. The largest absolute Gasteiger partial charge is 0.491 e. The molecular formula is C13H18O4. The zero-order valence-electron chi connectivity index (χ0n) is 10.3. The number of rotatable bonds is 5. The van der Waals surface area contributed by atoms with Crippen LogP contribution in [0.25, 0.3) is 0 Å². The van der Waals surface area contributed by atoms with Crippen LogP contribution in [-0.2, 0) is 9.53 Å². The molecule has 0 radical (unpaired) electrons. The molecule has 1 N–H and O–H groups in total. The summed E-state index contributed by atoms with van der Waals surface area (Å²) < 4.78 is 9.97. The Morgan fingerprint density at radius 3 is 2.35 bits per heavy atom. The molecule has 0 bridgehead atoms. The maximum Gasteiger partial charge on any atom is 0.308 e. The van der Waals surface area contributed by atoms with Gasteiger partial charge in [-0.15, -0.1) is 0 Å². The molecule has 0 fully saturated rings. The molecule has 4 nitrogen and oxygen atoms in total. The van der Waals surface area contributed by atoms with Gasteiger partial charge in [-0.25, -0.2) is 0 Å². The van der Waals surface area contributed by atoms with Gasteiger partial charge in [-0.1, -0.05) is 12.1 Å². The van der Waals surface area contributed by atoms with Crippen molar-refractivity contribution in [2.45, 2.75) is 32.5 Å². The van der Waals surface area contributed by atoms with Gasteiger partial charge in [0, 0.05) is 0 Å². The van der Waals surface area contributed by atoms with Gasteiger partial charge in [0.25, 0.3) is 0 Å². The molecule has 0 aliphatic heterocycles. The van der Waals surface area contributed by atoms with Crippen molar-refractivity contribution in [3.63, 3.8) is 0 Å². The summed E-state index contributed by atoms with van der Waals surface area (Å²) in [7, 11) is 1.30. The third-order valence-corrected chi connectivity index (χ3v) is 2.22. The Hall–Kier alpha value is -1.55. The normalized spacial score (nSPS) is 12.3. The van der Waals surface area contributed by atoms with Gasteiger partial charge in [-0.3, -0.25) is 4.79 Å². The molecule has 0 amide bonds. The molecule has 0 aromatic heterocycles. The average Bonchev–Trinajstić information content (AvgIpc) is 2.28. The highest BCUT2D eigenvalue weighted by Crippen LogP contribution is 2.21. The molecule has 0 aliphatic carbocycles. The Morgan fingerprint density at radius 2 is 1.88 bits per heavy atom. The minimum absolute atomic E-state index is 0.0408. The van der Waals surface area contributed by atoms with Crippen molar-refractivity contribution in [1.82, 2.24) is 0 Å². The molecule has 0 saturated heterocycles. The number of ether oxygens (including phenoxy) is 2. The molecular weight excluding hydrogens is 220 g/mol. The van der Waals surface area contributed by atoms with E-state index >= 15 is 0 Å². The van der Waals surface area contributed by atoms with E-state index in [1.54, 1.807) is 24.3 Å². The van der Waals surface area contributed by atoms with Gasteiger partial charge in [0.2, 0.25) is 0 Å². The number of esters is 1. The monoisotopic (exact) mass is 238 g/mol. The molecule has 17 heavy (non-hydrogen) atoms. The molecule has 1 aromatic carbocycles. The Kier molecular flexibility index (Phi) is 4.97. The minimum atomic E-state index is -0.837. The molecule has 0 spiro atoms. The Morgan fingerprint density at radius 1 is 1.29 bits per heavy atom. The van der Waals surface area contributed by atoms with Crippen LogP contribution >= 0.6 is 0 Å². The summed E-state index contributed by atoms with van der Waals surface area (Å²) in [6.45, 7) is 3.89. The van der Waals surface area contributed by atoms with Crippen LogP contribution in [0, 0.1) is 0 Å².